The molecule has 0 spiro atoms. The van der Waals surface area contributed by atoms with Crippen LogP contribution < -0.4 is 0 Å². The lowest BCUT2D eigenvalue weighted by Gasteiger charge is -1.99. The molecule has 1 rings (SSSR count). The van der Waals surface area contributed by atoms with Crippen molar-refractivity contribution in [3.05, 3.63) is 11.1 Å². The van der Waals surface area contributed by atoms with E-state index in [0.29, 0.717) is 11.5 Å². The van der Waals surface area contributed by atoms with E-state index in [1.165, 1.54) is 12.8 Å². The van der Waals surface area contributed by atoms with Crippen molar-refractivity contribution in [1.29, 1.82) is 0 Å². The Morgan fingerprint density at radius 3 is 2.20 bits per heavy atom. The molecule has 56 valence electrons. The Bertz CT molecular complexity index is 187. The van der Waals surface area contributed by atoms with E-state index in [-0.39, 0.29) is 0 Å². The molecule has 0 heterocycles. The fourth-order valence-corrected chi connectivity index (χ4v) is 0.991. The van der Waals surface area contributed by atoms with Gasteiger partial charge in [0.2, 0.25) is 0 Å². The fraction of sp³-hybridized carbons (Fsp3) is 0.625. The average molecular weight is 140 g/mol. The maximum Gasteiger partial charge on any atom is 0.331 e. The third-order valence-electron chi connectivity index (χ3n) is 2.10. The molecule has 0 aromatic heterocycles. The van der Waals surface area contributed by atoms with Gasteiger partial charge in [-0.15, -0.1) is 0 Å². The van der Waals surface area contributed by atoms with Crippen LogP contribution >= 0.6 is 0 Å². The topological polar surface area (TPSA) is 37.3 Å². The second-order valence-electron chi connectivity index (χ2n) is 2.89. The van der Waals surface area contributed by atoms with E-state index in [0.717, 1.165) is 5.57 Å². The Morgan fingerprint density at radius 1 is 1.40 bits per heavy atom. The molecule has 2 heteroatoms. The molecule has 0 radical (unpaired) electrons. The number of aliphatic carboxylic acids is 1. The van der Waals surface area contributed by atoms with E-state index >= 15 is 0 Å². The minimum atomic E-state index is -0.774. The number of carboxylic acid groups (broad SMARTS) is 1. The molecular formula is C8H12O2. The normalized spacial score (nSPS) is 20.2. The van der Waals surface area contributed by atoms with Crippen LogP contribution in [0.5, 0.6) is 0 Å². The van der Waals surface area contributed by atoms with Gasteiger partial charge in [-0.3, -0.25) is 0 Å². The van der Waals surface area contributed by atoms with Crippen molar-refractivity contribution in [2.45, 2.75) is 26.7 Å². The average Bonchev–Trinajstić information content (AvgIpc) is 2.65. The highest BCUT2D eigenvalue weighted by molar-refractivity contribution is 5.86. The molecule has 0 aromatic carbocycles. The molecule has 1 fully saturated rings. The van der Waals surface area contributed by atoms with Gasteiger partial charge in [0, 0.05) is 5.57 Å². The van der Waals surface area contributed by atoms with Crippen molar-refractivity contribution in [3.63, 3.8) is 0 Å². The van der Waals surface area contributed by atoms with Crippen molar-refractivity contribution in [3.8, 4) is 0 Å². The van der Waals surface area contributed by atoms with Crippen LogP contribution in [0.4, 0.5) is 0 Å². The van der Waals surface area contributed by atoms with Gasteiger partial charge in [0.1, 0.15) is 0 Å². The van der Waals surface area contributed by atoms with Gasteiger partial charge in [0.15, 0.2) is 0 Å². The van der Waals surface area contributed by atoms with E-state index in [1.54, 1.807) is 6.92 Å². The number of hydrogen-bond acceptors (Lipinski definition) is 1. The summed E-state index contributed by atoms with van der Waals surface area (Å²) in [5.41, 5.74) is 1.59. The SMILES string of the molecule is C/C(C(=O)O)=C(/C)C1CC1. The highest BCUT2D eigenvalue weighted by Gasteiger charge is 2.25. The van der Waals surface area contributed by atoms with Crippen LogP contribution in [-0.2, 0) is 4.79 Å². The van der Waals surface area contributed by atoms with Crippen molar-refractivity contribution in [2.24, 2.45) is 5.92 Å². The molecule has 1 aliphatic carbocycles. The summed E-state index contributed by atoms with van der Waals surface area (Å²) in [6.45, 7) is 3.59. The number of hydrogen-bond donors (Lipinski definition) is 1. The predicted octanol–water partition coefficient (Wildman–Crippen LogP) is 1.82. The molecule has 0 amide bonds. The lowest BCUT2D eigenvalue weighted by atomic mass is 10.1. The maximum atomic E-state index is 10.4. The van der Waals surface area contributed by atoms with Gasteiger partial charge in [0.05, 0.1) is 0 Å². The van der Waals surface area contributed by atoms with Crippen LogP contribution in [-0.4, -0.2) is 11.1 Å². The number of rotatable bonds is 2. The summed E-state index contributed by atoms with van der Waals surface area (Å²) in [7, 11) is 0. The molecule has 0 bridgehead atoms. The first kappa shape index (κ1) is 7.32. The fourth-order valence-electron chi connectivity index (χ4n) is 0.991. The number of carboxylic acids is 1. The van der Waals surface area contributed by atoms with Gasteiger partial charge in [-0.2, -0.15) is 0 Å². The second kappa shape index (κ2) is 2.45. The summed E-state index contributed by atoms with van der Waals surface area (Å²) in [4.78, 5) is 10.4. The summed E-state index contributed by atoms with van der Waals surface area (Å²) in [5, 5.41) is 8.57. The van der Waals surface area contributed by atoms with E-state index < -0.39 is 5.97 Å². The predicted molar refractivity (Wildman–Crippen MR) is 38.7 cm³/mol. The first-order valence-corrected chi connectivity index (χ1v) is 3.53. The summed E-state index contributed by atoms with van der Waals surface area (Å²) >= 11 is 0. The molecule has 1 aliphatic rings. The Labute approximate surface area is 60.6 Å². The van der Waals surface area contributed by atoms with Crippen LogP contribution in [0.3, 0.4) is 0 Å². The van der Waals surface area contributed by atoms with Crippen LogP contribution in [0.2, 0.25) is 0 Å². The minimum Gasteiger partial charge on any atom is -0.478 e. The van der Waals surface area contributed by atoms with Gasteiger partial charge in [-0.1, -0.05) is 5.57 Å². The lowest BCUT2D eigenvalue weighted by molar-refractivity contribution is -0.132. The van der Waals surface area contributed by atoms with Gasteiger partial charge < -0.3 is 5.11 Å². The van der Waals surface area contributed by atoms with Crippen LogP contribution in [0.1, 0.15) is 26.7 Å². The lowest BCUT2D eigenvalue weighted by Crippen LogP contribution is -2.00. The minimum absolute atomic E-state index is 0.530. The smallest absolute Gasteiger partial charge is 0.331 e. The van der Waals surface area contributed by atoms with Crippen LogP contribution in [0, 0.1) is 5.92 Å². The highest BCUT2D eigenvalue weighted by atomic mass is 16.4. The number of allylic oxidation sites excluding steroid dienone is 1. The van der Waals surface area contributed by atoms with Gasteiger partial charge >= 0.3 is 5.97 Å². The highest BCUT2D eigenvalue weighted by Crippen LogP contribution is 2.37. The van der Waals surface area contributed by atoms with Crippen molar-refractivity contribution >= 4 is 5.97 Å². The maximum absolute atomic E-state index is 10.4. The molecule has 1 N–H and O–H groups in total. The van der Waals surface area contributed by atoms with Gasteiger partial charge in [-0.05, 0) is 32.6 Å². The first-order chi connectivity index (χ1) is 4.63. The Kier molecular flexibility index (Phi) is 1.79. The summed E-state index contributed by atoms with van der Waals surface area (Å²) in [6, 6.07) is 0. The molecule has 0 saturated heterocycles. The standard InChI is InChI=1S/C8H12O2/c1-5(7-3-4-7)6(2)8(9)10/h7H,3-4H2,1-2H3,(H,9,10)/b6-5+. The second-order valence-corrected chi connectivity index (χ2v) is 2.89. The number of carbonyl (C=O) groups is 1. The summed E-state index contributed by atoms with van der Waals surface area (Å²) in [6.07, 6.45) is 2.35. The zero-order valence-electron chi connectivity index (χ0n) is 6.35. The molecule has 10 heavy (non-hydrogen) atoms. The van der Waals surface area contributed by atoms with E-state index in [1.807, 2.05) is 6.92 Å². The van der Waals surface area contributed by atoms with Crippen LogP contribution in [0.25, 0.3) is 0 Å². The largest absolute Gasteiger partial charge is 0.478 e. The first-order valence-electron chi connectivity index (χ1n) is 3.53. The molecule has 0 atom stereocenters. The summed E-state index contributed by atoms with van der Waals surface area (Å²) in [5.74, 6) is -0.194. The van der Waals surface area contributed by atoms with E-state index in [2.05, 4.69) is 0 Å². The Balaban J connectivity index is 2.71. The third kappa shape index (κ3) is 1.38. The zero-order chi connectivity index (χ0) is 7.72. The molecule has 1 saturated carbocycles. The van der Waals surface area contributed by atoms with Crippen LogP contribution in [0.15, 0.2) is 11.1 Å². The Hall–Kier alpha value is -0.790. The van der Waals surface area contributed by atoms with Gasteiger partial charge in [0.25, 0.3) is 0 Å². The zero-order valence-corrected chi connectivity index (χ0v) is 6.35. The van der Waals surface area contributed by atoms with Crippen molar-refractivity contribution in [1.82, 2.24) is 0 Å². The quantitative estimate of drug-likeness (QED) is 0.594. The Morgan fingerprint density at radius 2 is 1.90 bits per heavy atom. The molecule has 2 nitrogen and oxygen atoms in total. The van der Waals surface area contributed by atoms with Gasteiger partial charge in [-0.25, -0.2) is 4.79 Å². The molecule has 0 aliphatic heterocycles. The van der Waals surface area contributed by atoms with E-state index in [9.17, 15) is 4.79 Å². The third-order valence-corrected chi connectivity index (χ3v) is 2.10. The molecule has 0 aromatic rings. The molecule has 0 unspecified atom stereocenters. The summed E-state index contributed by atoms with van der Waals surface area (Å²) < 4.78 is 0. The van der Waals surface area contributed by atoms with E-state index in [4.69, 9.17) is 5.11 Å². The monoisotopic (exact) mass is 140 g/mol. The van der Waals surface area contributed by atoms with Crippen molar-refractivity contribution in [2.75, 3.05) is 0 Å². The van der Waals surface area contributed by atoms with Crippen molar-refractivity contribution < 1.29 is 9.90 Å². The molecular weight excluding hydrogens is 128 g/mol.